The van der Waals surface area contributed by atoms with E-state index >= 15 is 0 Å². The van der Waals surface area contributed by atoms with Crippen LogP contribution in [-0.4, -0.2) is 44.2 Å². The largest absolute Gasteiger partial charge is 0.492 e. The minimum atomic E-state index is 0.729. The van der Waals surface area contributed by atoms with Gasteiger partial charge in [-0.1, -0.05) is 0 Å². The third-order valence-corrected chi connectivity index (χ3v) is 2.02. The fraction of sp³-hybridized carbons (Fsp3) is 0.545. The van der Waals surface area contributed by atoms with E-state index in [2.05, 4.69) is 29.3 Å². The van der Waals surface area contributed by atoms with Crippen LogP contribution in [-0.2, 0) is 0 Å². The van der Waals surface area contributed by atoms with Gasteiger partial charge in [-0.2, -0.15) is 0 Å². The zero-order chi connectivity index (χ0) is 11.1. The molecule has 0 saturated carbocycles. The topological polar surface area (TPSA) is 37.4 Å². The molecule has 0 aliphatic heterocycles. The van der Waals surface area contributed by atoms with Crippen LogP contribution in [0.15, 0.2) is 18.5 Å². The monoisotopic (exact) mass is 209 g/mol. The molecule has 4 nitrogen and oxygen atoms in total. The number of hydrogen-bond acceptors (Lipinski definition) is 4. The Hall–Kier alpha value is -1.29. The Bertz CT molecular complexity index is 289. The molecule has 0 atom stereocenters. The minimum Gasteiger partial charge on any atom is -0.492 e. The third-order valence-electron chi connectivity index (χ3n) is 2.02. The average Bonchev–Trinajstić information content (AvgIpc) is 2.24. The predicted octanol–water partition coefficient (Wildman–Crippen LogP) is 1.45. The summed E-state index contributed by atoms with van der Waals surface area (Å²) in [5.74, 6) is 0.820. The van der Waals surface area contributed by atoms with Crippen LogP contribution in [0.4, 0.5) is 5.69 Å². The van der Waals surface area contributed by atoms with Gasteiger partial charge in [-0.25, -0.2) is 0 Å². The van der Waals surface area contributed by atoms with Gasteiger partial charge < -0.3 is 15.0 Å². The Balaban J connectivity index is 2.30. The van der Waals surface area contributed by atoms with E-state index in [4.69, 9.17) is 4.74 Å². The van der Waals surface area contributed by atoms with Crippen molar-refractivity contribution in [3.63, 3.8) is 0 Å². The Morgan fingerprint density at radius 3 is 2.87 bits per heavy atom. The maximum atomic E-state index is 5.57. The smallest absolute Gasteiger partial charge is 0.139 e. The van der Waals surface area contributed by atoms with Crippen LogP contribution in [0.1, 0.15) is 6.42 Å². The van der Waals surface area contributed by atoms with Gasteiger partial charge >= 0.3 is 0 Å². The summed E-state index contributed by atoms with van der Waals surface area (Å²) >= 11 is 0. The summed E-state index contributed by atoms with van der Waals surface area (Å²) in [6.45, 7) is 1.77. The number of anilines is 1. The Labute approximate surface area is 91.3 Å². The van der Waals surface area contributed by atoms with Crippen LogP contribution in [0.3, 0.4) is 0 Å². The zero-order valence-corrected chi connectivity index (χ0v) is 9.66. The quantitative estimate of drug-likeness (QED) is 0.720. The van der Waals surface area contributed by atoms with Crippen molar-refractivity contribution in [2.75, 3.05) is 39.6 Å². The second-order valence-electron chi connectivity index (χ2n) is 3.66. The maximum absolute atomic E-state index is 5.57. The van der Waals surface area contributed by atoms with Crippen molar-refractivity contribution in [3.8, 4) is 5.75 Å². The van der Waals surface area contributed by atoms with E-state index in [-0.39, 0.29) is 0 Å². The van der Waals surface area contributed by atoms with E-state index in [9.17, 15) is 0 Å². The molecule has 1 heterocycles. The number of nitrogens with zero attached hydrogens (tertiary/aromatic N) is 2. The molecule has 1 aromatic heterocycles. The summed E-state index contributed by atoms with van der Waals surface area (Å²) in [4.78, 5) is 6.22. The number of hydrogen-bond donors (Lipinski definition) is 1. The van der Waals surface area contributed by atoms with Crippen LogP contribution >= 0.6 is 0 Å². The highest BCUT2D eigenvalue weighted by atomic mass is 16.5. The van der Waals surface area contributed by atoms with Gasteiger partial charge in [-0.05, 0) is 20.5 Å². The lowest BCUT2D eigenvalue weighted by atomic mass is 10.4. The normalized spacial score (nSPS) is 10.4. The van der Waals surface area contributed by atoms with Crippen molar-refractivity contribution < 1.29 is 4.74 Å². The van der Waals surface area contributed by atoms with Crippen LogP contribution in [0.5, 0.6) is 5.75 Å². The number of aromatic nitrogens is 1. The summed E-state index contributed by atoms with van der Waals surface area (Å²) in [6.07, 6.45) is 4.53. The van der Waals surface area contributed by atoms with Crippen LogP contribution in [0.2, 0.25) is 0 Å². The second kappa shape index (κ2) is 6.24. The lowest BCUT2D eigenvalue weighted by Gasteiger charge is -2.10. The van der Waals surface area contributed by atoms with Crippen molar-refractivity contribution in [3.05, 3.63) is 18.5 Å². The van der Waals surface area contributed by atoms with Crippen molar-refractivity contribution in [1.82, 2.24) is 9.88 Å². The highest BCUT2D eigenvalue weighted by molar-refractivity contribution is 5.44. The first-order valence-corrected chi connectivity index (χ1v) is 5.12. The minimum absolute atomic E-state index is 0.729. The number of pyridine rings is 1. The molecule has 0 amide bonds. The summed E-state index contributed by atoms with van der Waals surface area (Å²) in [5, 5.41) is 3.03. The Morgan fingerprint density at radius 2 is 2.20 bits per heavy atom. The van der Waals surface area contributed by atoms with Gasteiger partial charge in [-0.3, -0.25) is 4.98 Å². The summed E-state index contributed by atoms with van der Waals surface area (Å²) in [5.41, 5.74) is 0.972. The molecule has 15 heavy (non-hydrogen) atoms. The lowest BCUT2D eigenvalue weighted by molar-refractivity contribution is 0.281. The van der Waals surface area contributed by atoms with Crippen molar-refractivity contribution >= 4 is 5.69 Å². The first-order chi connectivity index (χ1) is 7.22. The van der Waals surface area contributed by atoms with Gasteiger partial charge in [0.2, 0.25) is 0 Å². The van der Waals surface area contributed by atoms with E-state index < -0.39 is 0 Å². The van der Waals surface area contributed by atoms with E-state index in [1.54, 1.807) is 12.4 Å². The maximum Gasteiger partial charge on any atom is 0.139 e. The van der Waals surface area contributed by atoms with Gasteiger partial charge in [0.05, 0.1) is 24.7 Å². The van der Waals surface area contributed by atoms with Gasteiger partial charge in [0.1, 0.15) is 5.75 Å². The van der Waals surface area contributed by atoms with E-state index in [0.717, 1.165) is 31.0 Å². The molecule has 1 aromatic rings. The molecule has 1 N–H and O–H groups in total. The Kier molecular flexibility index (Phi) is 4.90. The third kappa shape index (κ3) is 4.65. The van der Waals surface area contributed by atoms with Crippen LogP contribution in [0, 0.1) is 0 Å². The molecule has 0 aliphatic carbocycles. The molecule has 0 radical (unpaired) electrons. The zero-order valence-electron chi connectivity index (χ0n) is 9.66. The lowest BCUT2D eigenvalue weighted by Crippen LogP contribution is -2.15. The van der Waals surface area contributed by atoms with Gasteiger partial charge in [0, 0.05) is 19.7 Å². The van der Waals surface area contributed by atoms with Crippen LogP contribution < -0.4 is 10.1 Å². The SMILES string of the molecule is CNc1cncc(OCCCN(C)C)c1. The molecule has 0 aliphatic rings. The molecule has 0 aromatic carbocycles. The molecule has 0 bridgehead atoms. The molecule has 0 saturated heterocycles. The van der Waals surface area contributed by atoms with E-state index in [1.165, 1.54) is 0 Å². The van der Waals surface area contributed by atoms with Crippen molar-refractivity contribution in [2.24, 2.45) is 0 Å². The highest BCUT2D eigenvalue weighted by Crippen LogP contribution is 2.14. The highest BCUT2D eigenvalue weighted by Gasteiger charge is 1.96. The fourth-order valence-corrected chi connectivity index (χ4v) is 1.21. The number of ether oxygens (including phenoxy) is 1. The average molecular weight is 209 g/mol. The molecule has 4 heteroatoms. The van der Waals surface area contributed by atoms with Gasteiger partial charge in [0.25, 0.3) is 0 Å². The Morgan fingerprint density at radius 1 is 1.40 bits per heavy atom. The van der Waals surface area contributed by atoms with E-state index in [0.29, 0.717) is 0 Å². The second-order valence-corrected chi connectivity index (χ2v) is 3.66. The van der Waals surface area contributed by atoms with E-state index in [1.807, 2.05) is 13.1 Å². The first-order valence-electron chi connectivity index (χ1n) is 5.12. The van der Waals surface area contributed by atoms with Crippen LogP contribution in [0.25, 0.3) is 0 Å². The standard InChI is InChI=1S/C11H19N3O/c1-12-10-7-11(9-13-8-10)15-6-4-5-14(2)3/h7-9,12H,4-6H2,1-3H3. The number of nitrogens with one attached hydrogen (secondary N) is 1. The molecular formula is C11H19N3O. The summed E-state index contributed by atoms with van der Waals surface area (Å²) in [7, 11) is 5.99. The summed E-state index contributed by atoms with van der Waals surface area (Å²) < 4.78 is 5.57. The molecule has 0 fully saturated rings. The molecular weight excluding hydrogens is 190 g/mol. The first kappa shape index (κ1) is 11.8. The molecule has 1 rings (SSSR count). The number of rotatable bonds is 6. The van der Waals surface area contributed by atoms with Gasteiger partial charge in [0.15, 0.2) is 0 Å². The molecule has 84 valence electrons. The van der Waals surface area contributed by atoms with Gasteiger partial charge in [-0.15, -0.1) is 0 Å². The predicted molar refractivity (Wildman–Crippen MR) is 62.4 cm³/mol. The fourth-order valence-electron chi connectivity index (χ4n) is 1.21. The van der Waals surface area contributed by atoms with Crippen molar-refractivity contribution in [2.45, 2.75) is 6.42 Å². The molecule has 0 unspecified atom stereocenters. The van der Waals surface area contributed by atoms with Crippen molar-refractivity contribution in [1.29, 1.82) is 0 Å². The summed E-state index contributed by atoms with van der Waals surface area (Å²) in [6, 6.07) is 1.95. The molecule has 0 spiro atoms.